The summed E-state index contributed by atoms with van der Waals surface area (Å²) in [7, 11) is 1.66. The molecule has 0 aliphatic rings. The Kier molecular flexibility index (Phi) is 8.07. The number of nitrogens with one attached hydrogen (secondary N) is 1. The van der Waals surface area contributed by atoms with Crippen molar-refractivity contribution in [3.05, 3.63) is 116 Å². The maximum absolute atomic E-state index is 13.3. The number of aromatic amines is 1. The molecule has 0 fully saturated rings. The van der Waals surface area contributed by atoms with Crippen molar-refractivity contribution >= 4 is 10.9 Å². The smallest absolute Gasteiger partial charge is 0.252 e. The number of hydrogen-bond acceptors (Lipinski definition) is 6. The standard InChI is InChI=1S/C32H36N6O2/c1-6-30(31-34-35-36-38(31)19-25-11-13-27(40-5)14-12-25)37(18-24-9-7-21(2)8-10-24)20-26-17-28-23(4)15-22(3)16-29(28)33-32(26)39/h7-17,30H,6,18-20H2,1-5H3,(H,33,39)/t30-/m1/s1. The second-order valence-corrected chi connectivity index (χ2v) is 10.5. The lowest BCUT2D eigenvalue weighted by Crippen LogP contribution is -2.32. The van der Waals surface area contributed by atoms with Crippen LogP contribution >= 0.6 is 0 Å². The Bertz CT molecular complexity index is 1650. The average Bonchev–Trinajstić information content (AvgIpc) is 3.39. The highest BCUT2D eigenvalue weighted by molar-refractivity contribution is 5.83. The molecule has 0 amide bonds. The number of aryl methyl sites for hydroxylation is 3. The lowest BCUT2D eigenvalue weighted by molar-refractivity contribution is 0.161. The van der Waals surface area contributed by atoms with Crippen molar-refractivity contribution in [3.8, 4) is 5.75 Å². The largest absolute Gasteiger partial charge is 0.497 e. The van der Waals surface area contributed by atoms with E-state index in [2.05, 4.69) is 76.5 Å². The predicted molar refractivity (Wildman–Crippen MR) is 157 cm³/mol. The van der Waals surface area contributed by atoms with Gasteiger partial charge in [0.05, 0.1) is 19.7 Å². The van der Waals surface area contributed by atoms with Gasteiger partial charge in [0, 0.05) is 29.6 Å². The highest BCUT2D eigenvalue weighted by Gasteiger charge is 2.26. The molecule has 206 valence electrons. The Labute approximate surface area is 234 Å². The number of aromatic nitrogens is 5. The Hall–Kier alpha value is -4.30. The summed E-state index contributed by atoms with van der Waals surface area (Å²) in [4.78, 5) is 18.7. The second-order valence-electron chi connectivity index (χ2n) is 10.5. The first-order valence-corrected chi connectivity index (χ1v) is 13.7. The fraction of sp³-hybridized carbons (Fsp3) is 0.312. The van der Waals surface area contributed by atoms with Crippen molar-refractivity contribution in [2.75, 3.05) is 7.11 Å². The van der Waals surface area contributed by atoms with Crippen LogP contribution in [0.5, 0.6) is 5.75 Å². The molecular formula is C32H36N6O2. The number of tetrazole rings is 1. The summed E-state index contributed by atoms with van der Waals surface area (Å²) < 4.78 is 7.16. The van der Waals surface area contributed by atoms with E-state index in [1.165, 1.54) is 11.1 Å². The van der Waals surface area contributed by atoms with E-state index in [-0.39, 0.29) is 11.6 Å². The highest BCUT2D eigenvalue weighted by Crippen LogP contribution is 2.28. The van der Waals surface area contributed by atoms with Crippen LogP contribution in [-0.4, -0.2) is 37.2 Å². The van der Waals surface area contributed by atoms with Gasteiger partial charge >= 0.3 is 0 Å². The quantitative estimate of drug-likeness (QED) is 0.248. The first-order valence-electron chi connectivity index (χ1n) is 13.7. The molecule has 40 heavy (non-hydrogen) atoms. The van der Waals surface area contributed by atoms with Crippen LogP contribution in [-0.2, 0) is 19.6 Å². The van der Waals surface area contributed by atoms with Crippen molar-refractivity contribution in [1.29, 1.82) is 0 Å². The number of H-pyrrole nitrogens is 1. The molecule has 1 N–H and O–H groups in total. The van der Waals surface area contributed by atoms with Crippen LogP contribution in [0.2, 0.25) is 0 Å². The summed E-state index contributed by atoms with van der Waals surface area (Å²) in [5.41, 5.74) is 7.25. The van der Waals surface area contributed by atoms with Crippen molar-refractivity contribution in [2.45, 2.75) is 59.8 Å². The Balaban J connectivity index is 1.52. The highest BCUT2D eigenvalue weighted by atomic mass is 16.5. The molecule has 5 aromatic rings. The third-order valence-corrected chi connectivity index (χ3v) is 7.45. The lowest BCUT2D eigenvalue weighted by Gasteiger charge is -2.30. The molecule has 0 spiro atoms. The molecule has 2 heterocycles. The predicted octanol–water partition coefficient (Wildman–Crippen LogP) is 5.65. The van der Waals surface area contributed by atoms with E-state index in [1.807, 2.05) is 48.0 Å². The number of pyridine rings is 1. The van der Waals surface area contributed by atoms with Crippen molar-refractivity contribution in [1.82, 2.24) is 30.1 Å². The zero-order valence-electron chi connectivity index (χ0n) is 23.8. The van der Waals surface area contributed by atoms with Crippen LogP contribution in [0.1, 0.15) is 58.6 Å². The summed E-state index contributed by atoms with van der Waals surface area (Å²) in [6.07, 6.45) is 0.776. The summed E-state index contributed by atoms with van der Waals surface area (Å²) in [5.74, 6) is 1.58. The summed E-state index contributed by atoms with van der Waals surface area (Å²) in [5, 5.41) is 13.9. The van der Waals surface area contributed by atoms with Gasteiger partial charge in [-0.05, 0) is 84.1 Å². The normalized spacial score (nSPS) is 12.2. The molecule has 5 rings (SSSR count). The molecule has 0 saturated carbocycles. The van der Waals surface area contributed by atoms with Gasteiger partial charge in [-0.2, -0.15) is 0 Å². The van der Waals surface area contributed by atoms with Crippen LogP contribution in [0.15, 0.2) is 71.5 Å². The van der Waals surface area contributed by atoms with Crippen LogP contribution in [0, 0.1) is 20.8 Å². The van der Waals surface area contributed by atoms with Crippen molar-refractivity contribution in [3.63, 3.8) is 0 Å². The maximum atomic E-state index is 13.3. The SMILES string of the molecule is CC[C@H](c1nnnn1Cc1ccc(OC)cc1)N(Cc1ccc(C)cc1)Cc1cc2c(C)cc(C)cc2[nH]c1=O. The van der Waals surface area contributed by atoms with Gasteiger partial charge in [0.1, 0.15) is 5.75 Å². The maximum Gasteiger partial charge on any atom is 0.252 e. The number of rotatable bonds is 10. The molecule has 0 radical (unpaired) electrons. The van der Waals surface area contributed by atoms with E-state index in [9.17, 15) is 4.79 Å². The number of methoxy groups -OCH3 is 1. The fourth-order valence-corrected chi connectivity index (χ4v) is 5.33. The van der Waals surface area contributed by atoms with Crippen molar-refractivity contribution in [2.24, 2.45) is 0 Å². The van der Waals surface area contributed by atoms with Crippen LogP contribution < -0.4 is 10.3 Å². The monoisotopic (exact) mass is 536 g/mol. The minimum atomic E-state index is -0.108. The molecule has 0 aliphatic carbocycles. The van der Waals surface area contributed by atoms with Gasteiger partial charge in [-0.15, -0.1) is 5.10 Å². The Morgan fingerprint density at radius 2 is 1.65 bits per heavy atom. The van der Waals surface area contributed by atoms with Crippen LogP contribution in [0.25, 0.3) is 10.9 Å². The number of hydrogen-bond donors (Lipinski definition) is 1. The van der Waals surface area contributed by atoms with Gasteiger partial charge in [-0.3, -0.25) is 9.69 Å². The zero-order valence-corrected chi connectivity index (χ0v) is 23.8. The molecule has 0 bridgehead atoms. The molecule has 8 heteroatoms. The second kappa shape index (κ2) is 11.8. The third-order valence-electron chi connectivity index (χ3n) is 7.45. The summed E-state index contributed by atoms with van der Waals surface area (Å²) >= 11 is 0. The van der Waals surface area contributed by atoms with Gasteiger partial charge < -0.3 is 9.72 Å². The fourth-order valence-electron chi connectivity index (χ4n) is 5.33. The molecule has 8 nitrogen and oxygen atoms in total. The average molecular weight is 537 g/mol. The molecule has 3 aromatic carbocycles. The van der Waals surface area contributed by atoms with E-state index in [1.54, 1.807) is 7.11 Å². The molecule has 0 unspecified atom stereocenters. The van der Waals surface area contributed by atoms with E-state index in [0.29, 0.717) is 19.6 Å². The first kappa shape index (κ1) is 27.3. The van der Waals surface area contributed by atoms with Gasteiger partial charge in [-0.1, -0.05) is 55.0 Å². The van der Waals surface area contributed by atoms with Gasteiger partial charge in [0.2, 0.25) is 0 Å². The van der Waals surface area contributed by atoms with Gasteiger partial charge in [0.25, 0.3) is 5.56 Å². The number of benzene rings is 3. The molecular weight excluding hydrogens is 500 g/mol. The molecule has 0 saturated heterocycles. The van der Waals surface area contributed by atoms with E-state index >= 15 is 0 Å². The van der Waals surface area contributed by atoms with Crippen molar-refractivity contribution < 1.29 is 4.74 Å². The topological polar surface area (TPSA) is 88.9 Å². The summed E-state index contributed by atoms with van der Waals surface area (Å²) in [6.45, 7) is 10.0. The van der Waals surface area contributed by atoms with Crippen LogP contribution in [0.4, 0.5) is 0 Å². The molecule has 2 aromatic heterocycles. The number of nitrogens with zero attached hydrogens (tertiary/aromatic N) is 5. The van der Waals surface area contributed by atoms with E-state index in [0.717, 1.165) is 51.2 Å². The first-order chi connectivity index (χ1) is 19.3. The van der Waals surface area contributed by atoms with Crippen LogP contribution in [0.3, 0.4) is 0 Å². The molecule has 0 aliphatic heterocycles. The third kappa shape index (κ3) is 5.97. The zero-order chi connectivity index (χ0) is 28.2. The number of fused-ring (bicyclic) bond motifs is 1. The summed E-state index contributed by atoms with van der Waals surface area (Å²) in [6, 6.07) is 22.6. The minimum Gasteiger partial charge on any atom is -0.497 e. The van der Waals surface area contributed by atoms with Gasteiger partial charge in [0.15, 0.2) is 5.82 Å². The Morgan fingerprint density at radius 1 is 0.925 bits per heavy atom. The number of ether oxygens (including phenoxy) is 1. The van der Waals surface area contributed by atoms with E-state index in [4.69, 9.17) is 4.74 Å². The Morgan fingerprint density at radius 3 is 2.35 bits per heavy atom. The van der Waals surface area contributed by atoms with E-state index < -0.39 is 0 Å². The minimum absolute atomic E-state index is 0.0703. The molecule has 1 atom stereocenters. The lowest BCUT2D eigenvalue weighted by atomic mass is 10.0. The van der Waals surface area contributed by atoms with Gasteiger partial charge in [-0.25, -0.2) is 4.68 Å².